The Morgan fingerprint density at radius 3 is 3.00 bits per heavy atom. The molecule has 0 saturated carbocycles. The lowest BCUT2D eigenvalue weighted by Crippen LogP contribution is -2.24. The zero-order valence-electron chi connectivity index (χ0n) is 11.3. The summed E-state index contributed by atoms with van der Waals surface area (Å²) < 4.78 is 18.4. The highest BCUT2D eigenvalue weighted by Crippen LogP contribution is 2.32. The third kappa shape index (κ3) is 2.63. The van der Waals surface area contributed by atoms with Crippen LogP contribution < -0.4 is 4.90 Å². The number of hydrogen-bond donors (Lipinski definition) is 0. The van der Waals surface area contributed by atoms with Crippen molar-refractivity contribution in [2.75, 3.05) is 11.4 Å². The summed E-state index contributed by atoms with van der Waals surface area (Å²) in [6.45, 7) is 2.35. The standard InChI is InChI=1S/C14H13ClFN3O2/c1-2-12-17-14(21-18-12)8-5-13(20)19(7-8)9-3-4-11(16)10(15)6-9/h3-4,6,8H,2,5,7H2,1H3. The largest absolute Gasteiger partial charge is 0.339 e. The summed E-state index contributed by atoms with van der Waals surface area (Å²) in [5, 5.41) is 3.84. The van der Waals surface area contributed by atoms with Crippen LogP contribution in [-0.4, -0.2) is 22.6 Å². The van der Waals surface area contributed by atoms with Gasteiger partial charge in [-0.3, -0.25) is 4.79 Å². The Balaban J connectivity index is 1.82. The van der Waals surface area contributed by atoms with E-state index in [0.717, 1.165) is 0 Å². The Morgan fingerprint density at radius 2 is 2.33 bits per heavy atom. The number of carbonyl (C=O) groups excluding carboxylic acids is 1. The lowest BCUT2D eigenvalue weighted by atomic mass is 10.1. The monoisotopic (exact) mass is 309 g/mol. The average molecular weight is 310 g/mol. The molecule has 1 fully saturated rings. The molecule has 0 radical (unpaired) electrons. The molecule has 1 amide bonds. The van der Waals surface area contributed by atoms with Crippen molar-refractivity contribution in [3.63, 3.8) is 0 Å². The Bertz CT molecular complexity index is 689. The molecule has 0 bridgehead atoms. The van der Waals surface area contributed by atoms with Gasteiger partial charge in [0.1, 0.15) is 5.82 Å². The van der Waals surface area contributed by atoms with E-state index in [2.05, 4.69) is 10.1 Å². The minimum Gasteiger partial charge on any atom is -0.339 e. The molecule has 1 aromatic carbocycles. The van der Waals surface area contributed by atoms with Gasteiger partial charge in [0.05, 0.1) is 10.9 Å². The van der Waals surface area contributed by atoms with E-state index in [1.165, 1.54) is 18.2 Å². The van der Waals surface area contributed by atoms with Crippen LogP contribution in [0, 0.1) is 5.82 Å². The third-order valence-electron chi connectivity index (χ3n) is 3.49. The molecule has 0 N–H and O–H groups in total. The molecule has 2 aromatic rings. The van der Waals surface area contributed by atoms with Gasteiger partial charge >= 0.3 is 0 Å². The van der Waals surface area contributed by atoms with E-state index < -0.39 is 5.82 Å². The van der Waals surface area contributed by atoms with Gasteiger partial charge in [-0.1, -0.05) is 23.7 Å². The smallest absolute Gasteiger partial charge is 0.232 e. The van der Waals surface area contributed by atoms with Crippen LogP contribution in [0.4, 0.5) is 10.1 Å². The highest BCUT2D eigenvalue weighted by molar-refractivity contribution is 6.31. The first kappa shape index (κ1) is 14.0. The second-order valence-electron chi connectivity index (χ2n) is 4.91. The lowest BCUT2D eigenvalue weighted by molar-refractivity contribution is -0.117. The number of aromatic nitrogens is 2. The predicted octanol–water partition coefficient (Wildman–Crippen LogP) is 2.95. The van der Waals surface area contributed by atoms with E-state index in [0.29, 0.717) is 36.8 Å². The van der Waals surface area contributed by atoms with Gasteiger partial charge in [-0.25, -0.2) is 4.39 Å². The van der Waals surface area contributed by atoms with Gasteiger partial charge in [-0.05, 0) is 18.2 Å². The number of hydrogen-bond acceptors (Lipinski definition) is 4. The molecule has 110 valence electrons. The van der Waals surface area contributed by atoms with Crippen molar-refractivity contribution in [3.05, 3.63) is 40.8 Å². The lowest BCUT2D eigenvalue weighted by Gasteiger charge is -2.16. The van der Waals surface area contributed by atoms with Crippen molar-refractivity contribution in [3.8, 4) is 0 Å². The molecule has 1 aliphatic heterocycles. The zero-order valence-corrected chi connectivity index (χ0v) is 12.1. The van der Waals surface area contributed by atoms with E-state index in [-0.39, 0.29) is 16.8 Å². The quantitative estimate of drug-likeness (QED) is 0.874. The van der Waals surface area contributed by atoms with Gasteiger partial charge in [0.15, 0.2) is 5.82 Å². The van der Waals surface area contributed by atoms with Crippen molar-refractivity contribution >= 4 is 23.2 Å². The van der Waals surface area contributed by atoms with Crippen LogP contribution in [0.2, 0.25) is 5.02 Å². The van der Waals surface area contributed by atoms with Crippen LogP contribution in [0.5, 0.6) is 0 Å². The first-order chi connectivity index (χ1) is 10.1. The number of rotatable bonds is 3. The molecule has 0 spiro atoms. The minimum atomic E-state index is -0.506. The molecule has 1 unspecified atom stereocenters. The zero-order chi connectivity index (χ0) is 15.0. The molecule has 21 heavy (non-hydrogen) atoms. The number of nitrogens with zero attached hydrogens (tertiary/aromatic N) is 3. The number of carbonyl (C=O) groups is 1. The van der Waals surface area contributed by atoms with Gasteiger partial charge in [0, 0.05) is 25.1 Å². The molecule has 1 aliphatic rings. The summed E-state index contributed by atoms with van der Waals surface area (Å²) in [6.07, 6.45) is 0.974. The summed E-state index contributed by atoms with van der Waals surface area (Å²) in [4.78, 5) is 18.0. The molecule has 3 rings (SSSR count). The highest BCUT2D eigenvalue weighted by atomic mass is 35.5. The average Bonchev–Trinajstić information content (AvgIpc) is 3.08. The van der Waals surface area contributed by atoms with Gasteiger partial charge in [0.25, 0.3) is 0 Å². The van der Waals surface area contributed by atoms with E-state index >= 15 is 0 Å². The van der Waals surface area contributed by atoms with Gasteiger partial charge < -0.3 is 9.42 Å². The number of halogens is 2. The van der Waals surface area contributed by atoms with Crippen molar-refractivity contribution in [2.24, 2.45) is 0 Å². The Morgan fingerprint density at radius 1 is 1.52 bits per heavy atom. The molecule has 5 nitrogen and oxygen atoms in total. The number of aryl methyl sites for hydroxylation is 1. The Kier molecular flexibility index (Phi) is 3.63. The molecule has 1 saturated heterocycles. The fraction of sp³-hybridized carbons (Fsp3) is 0.357. The maximum Gasteiger partial charge on any atom is 0.232 e. The van der Waals surface area contributed by atoms with Crippen molar-refractivity contribution in [1.82, 2.24) is 10.1 Å². The Labute approximate surface area is 125 Å². The van der Waals surface area contributed by atoms with Crippen LogP contribution in [0.1, 0.15) is 31.0 Å². The number of benzene rings is 1. The normalized spacial score (nSPS) is 18.5. The summed E-state index contributed by atoms with van der Waals surface area (Å²) in [5.74, 6) is 0.373. The van der Waals surface area contributed by atoms with E-state index in [9.17, 15) is 9.18 Å². The first-order valence-electron chi connectivity index (χ1n) is 6.66. The van der Waals surface area contributed by atoms with E-state index in [1.54, 1.807) is 4.90 Å². The SMILES string of the molecule is CCc1noc(C2CC(=O)N(c3ccc(F)c(Cl)c3)C2)n1. The molecular formula is C14H13ClFN3O2. The van der Waals surface area contributed by atoms with E-state index in [1.807, 2.05) is 6.92 Å². The Hall–Kier alpha value is -1.95. The summed E-state index contributed by atoms with van der Waals surface area (Å²) >= 11 is 5.76. The van der Waals surface area contributed by atoms with Crippen LogP contribution in [-0.2, 0) is 11.2 Å². The minimum absolute atomic E-state index is 0.00481. The summed E-state index contributed by atoms with van der Waals surface area (Å²) in [7, 11) is 0. The maximum atomic E-state index is 13.2. The molecule has 7 heteroatoms. The predicted molar refractivity (Wildman–Crippen MR) is 74.8 cm³/mol. The van der Waals surface area contributed by atoms with Crippen molar-refractivity contribution in [2.45, 2.75) is 25.7 Å². The van der Waals surface area contributed by atoms with Crippen LogP contribution >= 0.6 is 11.6 Å². The second-order valence-corrected chi connectivity index (χ2v) is 5.31. The number of amides is 1. The summed E-state index contributed by atoms with van der Waals surface area (Å²) in [5.41, 5.74) is 0.573. The molecule has 1 atom stereocenters. The van der Waals surface area contributed by atoms with Gasteiger partial charge in [0.2, 0.25) is 11.8 Å². The molecule has 2 heterocycles. The number of anilines is 1. The van der Waals surface area contributed by atoms with Crippen molar-refractivity contribution in [1.29, 1.82) is 0 Å². The molecular weight excluding hydrogens is 297 g/mol. The van der Waals surface area contributed by atoms with Gasteiger partial charge in [-0.15, -0.1) is 0 Å². The first-order valence-corrected chi connectivity index (χ1v) is 7.04. The topological polar surface area (TPSA) is 59.2 Å². The van der Waals surface area contributed by atoms with Crippen LogP contribution in [0.15, 0.2) is 22.7 Å². The van der Waals surface area contributed by atoms with E-state index in [4.69, 9.17) is 16.1 Å². The van der Waals surface area contributed by atoms with Crippen molar-refractivity contribution < 1.29 is 13.7 Å². The molecule has 0 aliphatic carbocycles. The summed E-state index contributed by atoms with van der Waals surface area (Å²) in [6, 6.07) is 4.23. The van der Waals surface area contributed by atoms with Crippen LogP contribution in [0.25, 0.3) is 0 Å². The maximum absolute atomic E-state index is 13.2. The molecule has 1 aromatic heterocycles. The third-order valence-corrected chi connectivity index (χ3v) is 3.78. The second kappa shape index (κ2) is 5.44. The van der Waals surface area contributed by atoms with Gasteiger partial charge in [-0.2, -0.15) is 4.98 Å². The fourth-order valence-corrected chi connectivity index (χ4v) is 2.53. The highest BCUT2D eigenvalue weighted by Gasteiger charge is 2.35. The van der Waals surface area contributed by atoms with Crippen LogP contribution in [0.3, 0.4) is 0 Å². The fourth-order valence-electron chi connectivity index (χ4n) is 2.35.